The number of rotatable bonds is 2. The minimum absolute atomic E-state index is 0.220. The maximum Gasteiger partial charge on any atom is 0.186 e. The van der Waals surface area contributed by atoms with Crippen LogP contribution in [0.4, 0.5) is 5.13 Å². The fourth-order valence-electron chi connectivity index (χ4n) is 1.80. The van der Waals surface area contributed by atoms with Gasteiger partial charge in [-0.1, -0.05) is 18.5 Å². The molecule has 1 aromatic heterocycles. The number of nitrogens with zero attached hydrogens (tertiary/aromatic N) is 2. The van der Waals surface area contributed by atoms with Crippen LogP contribution in [0.5, 0.6) is 0 Å². The molecule has 0 amide bonds. The summed E-state index contributed by atoms with van der Waals surface area (Å²) in [6.45, 7) is 3.68. The summed E-state index contributed by atoms with van der Waals surface area (Å²) in [6.07, 6.45) is 0.791. The topological polar surface area (TPSA) is 36.4 Å². The lowest BCUT2D eigenvalue weighted by Crippen LogP contribution is -2.20. The first kappa shape index (κ1) is 10.2. The Hall–Kier alpha value is -0.320. The molecule has 2 heterocycles. The minimum atomic E-state index is -0.220. The molecule has 0 radical (unpaired) electrons. The van der Waals surface area contributed by atoms with Crippen molar-refractivity contribution in [1.82, 2.24) is 4.98 Å². The van der Waals surface area contributed by atoms with E-state index in [1.54, 1.807) is 0 Å². The van der Waals surface area contributed by atoms with Crippen LogP contribution in [0.1, 0.15) is 13.3 Å². The molecule has 2 rings (SSSR count). The third-order valence-corrected chi connectivity index (χ3v) is 3.89. The lowest BCUT2D eigenvalue weighted by Gasteiger charge is -2.13. The van der Waals surface area contributed by atoms with Crippen molar-refractivity contribution in [2.24, 2.45) is 5.92 Å². The molecule has 1 N–H and O–H groups in total. The van der Waals surface area contributed by atoms with Gasteiger partial charge in [0, 0.05) is 24.4 Å². The Kier molecular flexibility index (Phi) is 2.95. The fraction of sp³-hybridized carbons (Fsp3) is 0.667. The Labute approximate surface area is 92.3 Å². The SMILES string of the molecule is CCC1CN(c2nc(Cl)cs2)CC1O. The van der Waals surface area contributed by atoms with E-state index in [-0.39, 0.29) is 6.10 Å². The van der Waals surface area contributed by atoms with Crippen molar-refractivity contribution >= 4 is 28.1 Å². The molecule has 0 saturated carbocycles. The summed E-state index contributed by atoms with van der Waals surface area (Å²) in [5, 5.41) is 13.0. The van der Waals surface area contributed by atoms with Gasteiger partial charge in [-0.15, -0.1) is 11.3 Å². The van der Waals surface area contributed by atoms with Gasteiger partial charge >= 0.3 is 0 Å². The first-order valence-electron chi connectivity index (χ1n) is 4.74. The zero-order valence-electron chi connectivity index (χ0n) is 7.98. The molecule has 1 saturated heterocycles. The van der Waals surface area contributed by atoms with E-state index in [2.05, 4.69) is 16.8 Å². The van der Waals surface area contributed by atoms with Gasteiger partial charge < -0.3 is 10.0 Å². The Morgan fingerprint density at radius 2 is 2.50 bits per heavy atom. The predicted octanol–water partition coefficient (Wildman–Crippen LogP) is 2.00. The van der Waals surface area contributed by atoms with Crippen molar-refractivity contribution in [3.63, 3.8) is 0 Å². The first-order valence-corrected chi connectivity index (χ1v) is 6.00. The van der Waals surface area contributed by atoms with Crippen molar-refractivity contribution in [1.29, 1.82) is 0 Å². The highest BCUT2D eigenvalue weighted by Crippen LogP contribution is 2.29. The molecule has 1 aliphatic heterocycles. The summed E-state index contributed by atoms with van der Waals surface area (Å²) < 4.78 is 0. The van der Waals surface area contributed by atoms with Gasteiger partial charge in [-0.3, -0.25) is 0 Å². The van der Waals surface area contributed by atoms with Crippen LogP contribution >= 0.6 is 22.9 Å². The summed E-state index contributed by atoms with van der Waals surface area (Å²) in [6, 6.07) is 0. The molecular formula is C9H13ClN2OS. The summed E-state index contributed by atoms with van der Waals surface area (Å²) in [7, 11) is 0. The largest absolute Gasteiger partial charge is 0.391 e. The van der Waals surface area contributed by atoms with E-state index in [9.17, 15) is 5.11 Å². The van der Waals surface area contributed by atoms with E-state index in [1.807, 2.05) is 5.38 Å². The highest BCUT2D eigenvalue weighted by molar-refractivity contribution is 7.14. The van der Waals surface area contributed by atoms with E-state index in [0.29, 0.717) is 17.6 Å². The minimum Gasteiger partial charge on any atom is -0.391 e. The van der Waals surface area contributed by atoms with Crippen LogP contribution in [0.3, 0.4) is 0 Å². The molecule has 1 fully saturated rings. The molecule has 0 aliphatic carbocycles. The van der Waals surface area contributed by atoms with E-state index < -0.39 is 0 Å². The van der Waals surface area contributed by atoms with Crippen LogP contribution in [-0.2, 0) is 0 Å². The molecule has 14 heavy (non-hydrogen) atoms. The fourth-order valence-corrected chi connectivity index (χ4v) is 2.77. The molecule has 5 heteroatoms. The number of aliphatic hydroxyl groups is 1. The first-order chi connectivity index (χ1) is 6.70. The Bertz CT molecular complexity index is 318. The predicted molar refractivity (Wildman–Crippen MR) is 59.1 cm³/mol. The molecule has 3 nitrogen and oxygen atoms in total. The molecule has 0 spiro atoms. The van der Waals surface area contributed by atoms with E-state index >= 15 is 0 Å². The molecule has 1 aliphatic rings. The standard InChI is InChI=1S/C9H13ClN2OS/c1-2-6-3-12(4-7(6)13)9-11-8(10)5-14-9/h5-7,13H,2-4H2,1H3. The molecular weight excluding hydrogens is 220 g/mol. The van der Waals surface area contributed by atoms with E-state index in [1.165, 1.54) is 11.3 Å². The zero-order chi connectivity index (χ0) is 10.1. The number of hydrogen-bond donors (Lipinski definition) is 1. The number of thiazole rings is 1. The van der Waals surface area contributed by atoms with Crippen LogP contribution in [0.15, 0.2) is 5.38 Å². The van der Waals surface area contributed by atoms with Gasteiger partial charge in [0.05, 0.1) is 6.10 Å². The lowest BCUT2D eigenvalue weighted by atomic mass is 10.0. The average Bonchev–Trinajstić information content (AvgIpc) is 2.71. The highest BCUT2D eigenvalue weighted by atomic mass is 35.5. The quantitative estimate of drug-likeness (QED) is 0.848. The number of β-amino-alcohol motifs (C(OH)–C–C–N with tert-alkyl or cyclic N) is 1. The van der Waals surface area contributed by atoms with Crippen molar-refractivity contribution < 1.29 is 5.11 Å². The number of halogens is 1. The summed E-state index contributed by atoms with van der Waals surface area (Å²) >= 11 is 7.29. The number of aliphatic hydroxyl groups excluding tert-OH is 1. The molecule has 2 atom stereocenters. The Morgan fingerprint density at radius 3 is 3.00 bits per heavy atom. The molecule has 1 aromatic rings. The third-order valence-electron chi connectivity index (χ3n) is 2.67. The average molecular weight is 233 g/mol. The van der Waals surface area contributed by atoms with Gasteiger partial charge in [-0.25, -0.2) is 4.98 Å². The summed E-state index contributed by atoms with van der Waals surface area (Å²) in [5.41, 5.74) is 0. The van der Waals surface area contributed by atoms with Crippen molar-refractivity contribution in [3.05, 3.63) is 10.5 Å². The maximum atomic E-state index is 9.73. The zero-order valence-corrected chi connectivity index (χ0v) is 9.55. The molecule has 2 unspecified atom stereocenters. The molecule has 0 bridgehead atoms. The van der Waals surface area contributed by atoms with Crippen LogP contribution in [0, 0.1) is 5.92 Å². The maximum absolute atomic E-state index is 9.73. The molecule has 78 valence electrons. The van der Waals surface area contributed by atoms with Gasteiger partial charge in [0.25, 0.3) is 0 Å². The second-order valence-electron chi connectivity index (χ2n) is 3.59. The summed E-state index contributed by atoms with van der Waals surface area (Å²) in [4.78, 5) is 6.30. The van der Waals surface area contributed by atoms with E-state index in [4.69, 9.17) is 11.6 Å². The van der Waals surface area contributed by atoms with Gasteiger partial charge in [0.1, 0.15) is 5.15 Å². The Morgan fingerprint density at radius 1 is 1.71 bits per heavy atom. The molecule has 0 aromatic carbocycles. The van der Waals surface area contributed by atoms with Crippen molar-refractivity contribution in [2.45, 2.75) is 19.4 Å². The lowest BCUT2D eigenvalue weighted by molar-refractivity contribution is 0.146. The van der Waals surface area contributed by atoms with Crippen LogP contribution in [0.25, 0.3) is 0 Å². The Balaban J connectivity index is 2.08. The monoisotopic (exact) mass is 232 g/mol. The normalized spacial score (nSPS) is 27.2. The van der Waals surface area contributed by atoms with Gasteiger partial charge in [0.2, 0.25) is 0 Å². The van der Waals surface area contributed by atoms with Crippen LogP contribution in [0.2, 0.25) is 5.15 Å². The third kappa shape index (κ3) is 1.87. The van der Waals surface area contributed by atoms with Crippen molar-refractivity contribution in [2.75, 3.05) is 18.0 Å². The highest BCUT2D eigenvalue weighted by Gasteiger charge is 2.31. The second kappa shape index (κ2) is 4.04. The van der Waals surface area contributed by atoms with Crippen LogP contribution in [-0.4, -0.2) is 29.3 Å². The van der Waals surface area contributed by atoms with E-state index in [0.717, 1.165) is 18.1 Å². The van der Waals surface area contributed by atoms with Gasteiger partial charge in [-0.2, -0.15) is 0 Å². The van der Waals surface area contributed by atoms with Gasteiger partial charge in [0.15, 0.2) is 5.13 Å². The van der Waals surface area contributed by atoms with Gasteiger partial charge in [-0.05, 0) is 6.42 Å². The number of hydrogen-bond acceptors (Lipinski definition) is 4. The number of anilines is 1. The van der Waals surface area contributed by atoms with Crippen LogP contribution < -0.4 is 4.90 Å². The second-order valence-corrected chi connectivity index (χ2v) is 4.82. The smallest absolute Gasteiger partial charge is 0.186 e. The summed E-state index contributed by atoms with van der Waals surface area (Å²) in [5.74, 6) is 0.373. The number of aromatic nitrogens is 1. The van der Waals surface area contributed by atoms with Crippen molar-refractivity contribution in [3.8, 4) is 0 Å².